The summed E-state index contributed by atoms with van der Waals surface area (Å²) in [5, 5.41) is 5.11. The van der Waals surface area contributed by atoms with E-state index in [9.17, 15) is 0 Å². The van der Waals surface area contributed by atoms with E-state index in [0.717, 1.165) is 46.1 Å². The van der Waals surface area contributed by atoms with Crippen LogP contribution in [-0.2, 0) is 6.42 Å². The SMILES string of the molecule is CCCc1nc(Nc2ccc(Cl)cc2)c2ccccc2n1. The highest BCUT2D eigenvalue weighted by atomic mass is 35.5. The molecule has 0 saturated carbocycles. The fourth-order valence-corrected chi connectivity index (χ4v) is 2.35. The first-order valence-electron chi connectivity index (χ1n) is 7.04. The van der Waals surface area contributed by atoms with Gasteiger partial charge >= 0.3 is 0 Å². The topological polar surface area (TPSA) is 37.8 Å². The minimum absolute atomic E-state index is 0.722. The van der Waals surface area contributed by atoms with Gasteiger partial charge in [0.1, 0.15) is 11.6 Å². The lowest BCUT2D eigenvalue weighted by Gasteiger charge is -2.10. The molecule has 0 amide bonds. The van der Waals surface area contributed by atoms with Gasteiger partial charge in [0.25, 0.3) is 0 Å². The number of halogens is 1. The summed E-state index contributed by atoms with van der Waals surface area (Å²) < 4.78 is 0. The summed E-state index contributed by atoms with van der Waals surface area (Å²) in [5.74, 6) is 1.71. The Morgan fingerprint density at radius 2 is 1.76 bits per heavy atom. The molecule has 0 saturated heterocycles. The average Bonchev–Trinajstić information content (AvgIpc) is 2.50. The number of hydrogen-bond acceptors (Lipinski definition) is 3. The molecule has 3 nitrogen and oxygen atoms in total. The molecule has 2 aromatic carbocycles. The minimum atomic E-state index is 0.722. The highest BCUT2D eigenvalue weighted by molar-refractivity contribution is 6.30. The van der Waals surface area contributed by atoms with Gasteiger partial charge in [-0.2, -0.15) is 0 Å². The van der Waals surface area contributed by atoms with E-state index in [2.05, 4.69) is 22.2 Å². The molecule has 1 aromatic heterocycles. The van der Waals surface area contributed by atoms with E-state index in [0.29, 0.717) is 0 Å². The zero-order valence-electron chi connectivity index (χ0n) is 11.8. The largest absolute Gasteiger partial charge is 0.340 e. The number of rotatable bonds is 4. The summed E-state index contributed by atoms with van der Waals surface area (Å²) >= 11 is 5.92. The second-order valence-corrected chi connectivity index (χ2v) is 5.32. The van der Waals surface area contributed by atoms with E-state index in [1.807, 2.05) is 48.5 Å². The van der Waals surface area contributed by atoms with Gasteiger partial charge in [-0.15, -0.1) is 0 Å². The molecule has 4 heteroatoms. The molecule has 0 spiro atoms. The molecule has 0 unspecified atom stereocenters. The van der Waals surface area contributed by atoms with E-state index in [-0.39, 0.29) is 0 Å². The maximum atomic E-state index is 5.92. The van der Waals surface area contributed by atoms with Gasteiger partial charge in [0, 0.05) is 22.5 Å². The van der Waals surface area contributed by atoms with Crippen molar-refractivity contribution in [3.8, 4) is 0 Å². The maximum Gasteiger partial charge on any atom is 0.142 e. The Morgan fingerprint density at radius 3 is 2.52 bits per heavy atom. The summed E-state index contributed by atoms with van der Waals surface area (Å²) in [4.78, 5) is 9.26. The van der Waals surface area contributed by atoms with Gasteiger partial charge < -0.3 is 5.32 Å². The summed E-state index contributed by atoms with van der Waals surface area (Å²) in [6.45, 7) is 2.13. The first-order valence-corrected chi connectivity index (χ1v) is 7.42. The number of aryl methyl sites for hydroxylation is 1. The average molecular weight is 298 g/mol. The van der Waals surface area contributed by atoms with E-state index in [4.69, 9.17) is 11.6 Å². The highest BCUT2D eigenvalue weighted by Gasteiger charge is 2.07. The Hall–Kier alpha value is -2.13. The Balaban J connectivity index is 2.04. The number of fused-ring (bicyclic) bond motifs is 1. The van der Waals surface area contributed by atoms with Crippen LogP contribution in [0.1, 0.15) is 19.2 Å². The standard InChI is InChI=1S/C17H16ClN3/c1-2-5-16-20-15-7-4-3-6-14(15)17(21-16)19-13-10-8-12(18)9-11-13/h3-4,6-11H,2,5H2,1H3,(H,19,20,21). The fourth-order valence-electron chi connectivity index (χ4n) is 2.23. The van der Waals surface area contributed by atoms with Gasteiger partial charge in [-0.25, -0.2) is 9.97 Å². The van der Waals surface area contributed by atoms with Crippen LogP contribution in [0.4, 0.5) is 11.5 Å². The second-order valence-electron chi connectivity index (χ2n) is 4.89. The van der Waals surface area contributed by atoms with Crippen molar-refractivity contribution in [1.82, 2.24) is 9.97 Å². The van der Waals surface area contributed by atoms with Crippen molar-refractivity contribution < 1.29 is 0 Å². The van der Waals surface area contributed by atoms with Crippen molar-refractivity contribution in [3.05, 3.63) is 59.4 Å². The number of anilines is 2. The second kappa shape index (κ2) is 6.10. The molecule has 3 rings (SSSR count). The molecule has 0 aliphatic rings. The molecular formula is C17H16ClN3. The monoisotopic (exact) mass is 297 g/mol. The molecular weight excluding hydrogens is 282 g/mol. The summed E-state index contributed by atoms with van der Waals surface area (Å²) in [6.07, 6.45) is 1.90. The van der Waals surface area contributed by atoms with E-state index in [1.165, 1.54) is 0 Å². The molecule has 1 N–H and O–H groups in total. The van der Waals surface area contributed by atoms with Gasteiger partial charge in [0.2, 0.25) is 0 Å². The van der Waals surface area contributed by atoms with Crippen LogP contribution >= 0.6 is 11.6 Å². The molecule has 0 fully saturated rings. The van der Waals surface area contributed by atoms with Crippen LogP contribution < -0.4 is 5.32 Å². The van der Waals surface area contributed by atoms with Crippen molar-refractivity contribution >= 4 is 34.0 Å². The number of nitrogens with one attached hydrogen (secondary N) is 1. The maximum absolute atomic E-state index is 5.92. The molecule has 0 aliphatic heterocycles. The predicted molar refractivity (Wildman–Crippen MR) is 88.3 cm³/mol. The third kappa shape index (κ3) is 3.14. The van der Waals surface area contributed by atoms with Crippen LogP contribution in [0.2, 0.25) is 5.02 Å². The van der Waals surface area contributed by atoms with Gasteiger partial charge in [-0.1, -0.05) is 30.7 Å². The van der Waals surface area contributed by atoms with Crippen molar-refractivity contribution in [2.24, 2.45) is 0 Å². The van der Waals surface area contributed by atoms with Gasteiger partial charge in [0.15, 0.2) is 0 Å². The molecule has 0 atom stereocenters. The number of hydrogen-bond donors (Lipinski definition) is 1. The van der Waals surface area contributed by atoms with E-state index < -0.39 is 0 Å². The molecule has 1 heterocycles. The molecule has 106 valence electrons. The van der Waals surface area contributed by atoms with E-state index in [1.54, 1.807) is 0 Å². The van der Waals surface area contributed by atoms with Crippen LogP contribution in [-0.4, -0.2) is 9.97 Å². The Labute approximate surface area is 129 Å². The summed E-state index contributed by atoms with van der Waals surface area (Å²) in [7, 11) is 0. The minimum Gasteiger partial charge on any atom is -0.340 e. The molecule has 21 heavy (non-hydrogen) atoms. The summed E-state index contributed by atoms with van der Waals surface area (Å²) in [6, 6.07) is 15.7. The lowest BCUT2D eigenvalue weighted by Crippen LogP contribution is -2.01. The lowest BCUT2D eigenvalue weighted by atomic mass is 10.2. The van der Waals surface area contributed by atoms with Crippen molar-refractivity contribution in [2.45, 2.75) is 19.8 Å². The molecule has 0 aliphatic carbocycles. The van der Waals surface area contributed by atoms with Crippen molar-refractivity contribution in [3.63, 3.8) is 0 Å². The first-order chi connectivity index (χ1) is 10.3. The van der Waals surface area contributed by atoms with Crippen molar-refractivity contribution in [2.75, 3.05) is 5.32 Å². The van der Waals surface area contributed by atoms with Crippen LogP contribution in [0.5, 0.6) is 0 Å². The highest BCUT2D eigenvalue weighted by Crippen LogP contribution is 2.24. The van der Waals surface area contributed by atoms with Crippen LogP contribution in [0.25, 0.3) is 10.9 Å². The quantitative estimate of drug-likeness (QED) is 0.738. The lowest BCUT2D eigenvalue weighted by molar-refractivity contribution is 0.846. The Kier molecular flexibility index (Phi) is 4.02. The van der Waals surface area contributed by atoms with E-state index >= 15 is 0 Å². The van der Waals surface area contributed by atoms with Crippen LogP contribution in [0.15, 0.2) is 48.5 Å². The first kappa shape index (κ1) is 13.8. The van der Waals surface area contributed by atoms with Gasteiger partial charge in [-0.05, 0) is 42.8 Å². The zero-order chi connectivity index (χ0) is 14.7. The Bertz CT molecular complexity index is 754. The number of aromatic nitrogens is 2. The zero-order valence-corrected chi connectivity index (χ0v) is 12.6. The van der Waals surface area contributed by atoms with Gasteiger partial charge in [0.05, 0.1) is 5.52 Å². The molecule has 0 bridgehead atoms. The van der Waals surface area contributed by atoms with Crippen LogP contribution in [0, 0.1) is 0 Å². The smallest absolute Gasteiger partial charge is 0.142 e. The summed E-state index contributed by atoms with van der Waals surface area (Å²) in [5.41, 5.74) is 1.93. The molecule has 3 aromatic rings. The third-order valence-electron chi connectivity index (χ3n) is 3.23. The number of nitrogens with zero attached hydrogens (tertiary/aromatic N) is 2. The van der Waals surface area contributed by atoms with Crippen LogP contribution in [0.3, 0.4) is 0 Å². The normalized spacial score (nSPS) is 10.8. The fraction of sp³-hybridized carbons (Fsp3) is 0.176. The van der Waals surface area contributed by atoms with Crippen molar-refractivity contribution in [1.29, 1.82) is 0 Å². The third-order valence-corrected chi connectivity index (χ3v) is 3.48. The van der Waals surface area contributed by atoms with Gasteiger partial charge in [-0.3, -0.25) is 0 Å². The number of benzene rings is 2. The molecule has 0 radical (unpaired) electrons. The Morgan fingerprint density at radius 1 is 1.00 bits per heavy atom. The predicted octanol–water partition coefficient (Wildman–Crippen LogP) is 4.98. The number of para-hydroxylation sites is 1.